The van der Waals surface area contributed by atoms with Crippen molar-refractivity contribution in [1.82, 2.24) is 0 Å². The first-order valence-corrected chi connectivity index (χ1v) is 8.48. The van der Waals surface area contributed by atoms with Crippen LogP contribution in [0.4, 0.5) is 0 Å². The fourth-order valence-electron chi connectivity index (χ4n) is 1.29. The zero-order valence-corrected chi connectivity index (χ0v) is 14.3. The van der Waals surface area contributed by atoms with Crippen molar-refractivity contribution in [3.05, 3.63) is 27.2 Å². The molecule has 1 aromatic rings. The number of primary sulfonamides is 1. The predicted octanol–water partition coefficient (Wildman–Crippen LogP) is 2.95. The molecule has 0 fully saturated rings. The normalized spacial score (nSPS) is 13.3. The third-order valence-electron chi connectivity index (χ3n) is 2.76. The molecule has 0 aliphatic rings. The number of hydrogen-bond acceptors (Lipinski definition) is 4. The van der Waals surface area contributed by atoms with Gasteiger partial charge in [0.25, 0.3) is 0 Å². The van der Waals surface area contributed by atoms with E-state index in [0.29, 0.717) is 4.47 Å². The van der Waals surface area contributed by atoms with E-state index in [-0.39, 0.29) is 27.5 Å². The topological polar surface area (TPSA) is 86.5 Å². The van der Waals surface area contributed by atoms with Crippen molar-refractivity contribution in [2.45, 2.75) is 31.8 Å². The molecule has 0 spiro atoms. The molecule has 8 heteroatoms. The van der Waals surface area contributed by atoms with Crippen LogP contribution in [0.1, 0.15) is 31.1 Å². The lowest BCUT2D eigenvalue weighted by molar-refractivity contribution is 0.0238. The first kappa shape index (κ1) is 17.4. The van der Waals surface area contributed by atoms with Crippen LogP contribution in [0.5, 0.6) is 0 Å². The molecule has 0 bridgehead atoms. The SMILES string of the molecule is CC(C)C(C)OC(=O)c1cc(Br)cc(S(N)(=O)=O)c1Cl. The summed E-state index contributed by atoms with van der Waals surface area (Å²) in [4.78, 5) is 11.7. The highest BCUT2D eigenvalue weighted by Gasteiger charge is 2.23. The number of esters is 1. The van der Waals surface area contributed by atoms with E-state index in [2.05, 4.69) is 15.9 Å². The summed E-state index contributed by atoms with van der Waals surface area (Å²) in [6.07, 6.45) is -0.324. The van der Waals surface area contributed by atoms with Crippen molar-refractivity contribution in [2.24, 2.45) is 11.1 Å². The molecule has 0 aromatic heterocycles. The van der Waals surface area contributed by atoms with Gasteiger partial charge in [0, 0.05) is 4.47 Å². The van der Waals surface area contributed by atoms with E-state index in [1.165, 1.54) is 12.1 Å². The lowest BCUT2D eigenvalue weighted by Gasteiger charge is -2.17. The van der Waals surface area contributed by atoms with Gasteiger partial charge in [0.2, 0.25) is 10.0 Å². The summed E-state index contributed by atoms with van der Waals surface area (Å²) in [5.41, 5.74) is -0.0439. The van der Waals surface area contributed by atoms with E-state index in [9.17, 15) is 13.2 Å². The summed E-state index contributed by atoms with van der Waals surface area (Å²) >= 11 is 9.06. The Morgan fingerprint density at radius 3 is 2.35 bits per heavy atom. The average Bonchev–Trinajstić information content (AvgIpc) is 2.29. The summed E-state index contributed by atoms with van der Waals surface area (Å²) in [6.45, 7) is 5.54. The Morgan fingerprint density at radius 1 is 1.35 bits per heavy atom. The number of hydrogen-bond donors (Lipinski definition) is 1. The molecule has 2 N–H and O–H groups in total. The number of nitrogens with two attached hydrogens (primary N) is 1. The van der Waals surface area contributed by atoms with E-state index in [1.807, 2.05) is 13.8 Å². The number of rotatable bonds is 4. The number of carbonyl (C=O) groups excluding carboxylic acids is 1. The fourth-order valence-corrected chi connectivity index (χ4v) is 3.06. The van der Waals surface area contributed by atoms with Crippen molar-refractivity contribution in [3.63, 3.8) is 0 Å². The van der Waals surface area contributed by atoms with Crippen LogP contribution >= 0.6 is 27.5 Å². The summed E-state index contributed by atoms with van der Waals surface area (Å²) < 4.78 is 28.5. The zero-order valence-electron chi connectivity index (χ0n) is 11.2. The van der Waals surface area contributed by atoms with Crippen LogP contribution in [0.25, 0.3) is 0 Å². The molecule has 20 heavy (non-hydrogen) atoms. The molecule has 1 atom stereocenters. The third-order valence-corrected chi connectivity index (χ3v) is 4.67. The van der Waals surface area contributed by atoms with Crippen molar-refractivity contribution in [1.29, 1.82) is 0 Å². The van der Waals surface area contributed by atoms with Gasteiger partial charge in [0.05, 0.1) is 10.6 Å². The Morgan fingerprint density at radius 2 is 1.90 bits per heavy atom. The monoisotopic (exact) mass is 383 g/mol. The number of benzene rings is 1. The van der Waals surface area contributed by atoms with Crippen LogP contribution < -0.4 is 5.14 Å². The highest BCUT2D eigenvalue weighted by atomic mass is 79.9. The van der Waals surface area contributed by atoms with Gasteiger partial charge < -0.3 is 4.74 Å². The van der Waals surface area contributed by atoms with Crippen LogP contribution in [-0.2, 0) is 14.8 Å². The summed E-state index contributed by atoms with van der Waals surface area (Å²) in [5, 5.41) is 4.82. The van der Waals surface area contributed by atoms with Crippen molar-refractivity contribution >= 4 is 43.5 Å². The Balaban J connectivity index is 3.26. The largest absolute Gasteiger partial charge is 0.459 e. The van der Waals surface area contributed by atoms with E-state index in [1.54, 1.807) is 6.92 Å². The molecule has 0 heterocycles. The van der Waals surface area contributed by atoms with Gasteiger partial charge in [-0.3, -0.25) is 0 Å². The van der Waals surface area contributed by atoms with E-state index >= 15 is 0 Å². The lowest BCUT2D eigenvalue weighted by Crippen LogP contribution is -2.21. The number of carbonyl (C=O) groups is 1. The first-order valence-electron chi connectivity index (χ1n) is 5.77. The minimum absolute atomic E-state index is 0.0439. The highest BCUT2D eigenvalue weighted by molar-refractivity contribution is 9.10. The van der Waals surface area contributed by atoms with E-state index in [0.717, 1.165) is 0 Å². The predicted molar refractivity (Wildman–Crippen MR) is 80.2 cm³/mol. The Labute approximate surface area is 131 Å². The second kappa shape index (κ2) is 6.43. The van der Waals surface area contributed by atoms with Crippen LogP contribution in [0.15, 0.2) is 21.5 Å². The maximum Gasteiger partial charge on any atom is 0.340 e. The molecule has 1 rings (SSSR count). The maximum absolute atomic E-state index is 12.0. The molecular formula is C12H15BrClNO4S. The molecule has 0 amide bonds. The second-order valence-electron chi connectivity index (χ2n) is 4.66. The van der Waals surface area contributed by atoms with E-state index < -0.39 is 16.0 Å². The first-order chi connectivity index (χ1) is 9.04. The quantitative estimate of drug-likeness (QED) is 0.809. The Hall–Kier alpha value is -0.630. The molecule has 0 radical (unpaired) electrons. The minimum Gasteiger partial charge on any atom is -0.459 e. The number of halogens is 2. The van der Waals surface area contributed by atoms with Gasteiger partial charge in [-0.1, -0.05) is 41.4 Å². The van der Waals surface area contributed by atoms with Gasteiger partial charge in [-0.05, 0) is 25.0 Å². The number of ether oxygens (including phenoxy) is 1. The van der Waals surface area contributed by atoms with Crippen LogP contribution in [0.2, 0.25) is 5.02 Å². The molecule has 5 nitrogen and oxygen atoms in total. The third kappa shape index (κ3) is 4.18. The van der Waals surface area contributed by atoms with E-state index in [4.69, 9.17) is 21.5 Å². The van der Waals surface area contributed by atoms with Crippen LogP contribution in [-0.4, -0.2) is 20.5 Å². The molecule has 0 saturated heterocycles. The second-order valence-corrected chi connectivity index (χ2v) is 7.49. The fraction of sp³-hybridized carbons (Fsp3) is 0.417. The number of sulfonamides is 1. The summed E-state index contributed by atoms with van der Waals surface area (Å²) in [5.74, 6) is -0.565. The average molecular weight is 385 g/mol. The molecular weight excluding hydrogens is 370 g/mol. The lowest BCUT2D eigenvalue weighted by atomic mass is 10.1. The van der Waals surface area contributed by atoms with Crippen molar-refractivity contribution in [3.8, 4) is 0 Å². The van der Waals surface area contributed by atoms with Gasteiger partial charge in [0.15, 0.2) is 0 Å². The summed E-state index contributed by atoms with van der Waals surface area (Å²) in [7, 11) is -4.03. The smallest absolute Gasteiger partial charge is 0.340 e. The van der Waals surface area contributed by atoms with Crippen molar-refractivity contribution < 1.29 is 17.9 Å². The Bertz CT molecular complexity index is 631. The van der Waals surface area contributed by atoms with Gasteiger partial charge >= 0.3 is 5.97 Å². The molecule has 1 unspecified atom stereocenters. The van der Waals surface area contributed by atoms with Gasteiger partial charge in [0.1, 0.15) is 11.0 Å². The Kier molecular flexibility index (Phi) is 5.60. The van der Waals surface area contributed by atoms with Gasteiger partial charge in [-0.2, -0.15) is 0 Å². The van der Waals surface area contributed by atoms with Gasteiger partial charge in [-0.25, -0.2) is 18.4 Å². The molecule has 0 aliphatic carbocycles. The summed E-state index contributed by atoms with van der Waals surface area (Å²) in [6, 6.07) is 2.63. The molecule has 1 aromatic carbocycles. The molecule has 0 saturated carbocycles. The standard InChI is InChI=1S/C12H15BrClNO4S/c1-6(2)7(3)19-12(16)9-4-8(13)5-10(11(9)14)20(15,17)18/h4-7H,1-3H3,(H2,15,17,18). The maximum atomic E-state index is 12.0. The van der Waals surface area contributed by atoms with Crippen LogP contribution in [0, 0.1) is 5.92 Å². The highest BCUT2D eigenvalue weighted by Crippen LogP contribution is 2.30. The zero-order chi connectivity index (χ0) is 15.7. The minimum atomic E-state index is -4.03. The molecule has 112 valence electrons. The molecule has 0 aliphatic heterocycles. The van der Waals surface area contributed by atoms with Gasteiger partial charge in [-0.15, -0.1) is 0 Å². The van der Waals surface area contributed by atoms with Crippen LogP contribution in [0.3, 0.4) is 0 Å². The van der Waals surface area contributed by atoms with Crippen molar-refractivity contribution in [2.75, 3.05) is 0 Å².